The van der Waals surface area contributed by atoms with Crippen LogP contribution in [0.1, 0.15) is 6.92 Å². The molecule has 0 fully saturated rings. The van der Waals surface area contributed by atoms with E-state index < -0.39 is 5.97 Å². The standard InChI is InChI=1S/C2H4O2.2H3N.2H2O/c1-2(3)4;;;;/h1H3,(H,3,4);2*1H3;2*1H2. The molecule has 0 aliphatic heterocycles. The average Bonchev–Trinajstić information content (AvgIpc) is 0.811. The molecule has 6 nitrogen and oxygen atoms in total. The number of hydrogen-bond donors (Lipinski definition) is 2. The Morgan fingerprint density at radius 3 is 1.38 bits per heavy atom. The van der Waals surface area contributed by atoms with Gasteiger partial charge in [-0.2, -0.15) is 0 Å². The monoisotopic (exact) mass is 130 g/mol. The molecule has 0 unspecified atom stereocenters. The first-order valence-electron chi connectivity index (χ1n) is 0.908. The van der Waals surface area contributed by atoms with E-state index in [-0.39, 0.29) is 23.3 Å². The summed E-state index contributed by atoms with van der Waals surface area (Å²) in [5.74, 6) is -1.08. The van der Waals surface area contributed by atoms with Gasteiger partial charge in [0.15, 0.2) is 0 Å². The molecule has 0 bridgehead atoms. The Morgan fingerprint density at radius 1 is 1.38 bits per heavy atom. The third-order valence-electron chi connectivity index (χ3n) is 0. The summed E-state index contributed by atoms with van der Waals surface area (Å²) in [6.45, 7) is 0.972. The van der Waals surface area contributed by atoms with Gasteiger partial charge in [0.2, 0.25) is 0 Å². The highest BCUT2D eigenvalue weighted by atomic mass is 16.4. The molecule has 0 atom stereocenters. The molecule has 0 saturated carbocycles. The van der Waals surface area contributed by atoms with Crippen LogP contribution in [0.3, 0.4) is 0 Å². The number of carboxylic acid groups (broad SMARTS) is 1. The summed E-state index contributed by atoms with van der Waals surface area (Å²) in [4.78, 5) is 8.89. The molecule has 8 heavy (non-hydrogen) atoms. The maximum atomic E-state index is 8.89. The first kappa shape index (κ1) is 54.5. The number of aliphatic carboxylic acids is 1. The smallest absolute Gasteiger partial charge is 0.0383 e. The lowest BCUT2D eigenvalue weighted by molar-refractivity contribution is -0.302. The van der Waals surface area contributed by atoms with Gasteiger partial charge >= 0.3 is 0 Å². The van der Waals surface area contributed by atoms with Gasteiger partial charge in [-0.1, -0.05) is 0 Å². The van der Waals surface area contributed by atoms with E-state index in [4.69, 9.17) is 9.90 Å². The second kappa shape index (κ2) is 33.3. The van der Waals surface area contributed by atoms with Gasteiger partial charge < -0.3 is 33.2 Å². The number of carbonyl (C=O) groups excluding carboxylic acids is 1. The average molecular weight is 130 g/mol. The fraction of sp³-hybridized carbons (Fsp3) is 0.500. The zero-order valence-corrected chi connectivity index (χ0v) is 5.26. The Balaban J connectivity index is -0.00000000750. The second-order valence-corrected chi connectivity index (χ2v) is 0.492. The number of quaternary nitrogens is 2. The van der Waals surface area contributed by atoms with Crippen molar-refractivity contribution in [3.05, 3.63) is 0 Å². The molecule has 6 heteroatoms. The minimum Gasteiger partial charge on any atom is -0.870 e. The van der Waals surface area contributed by atoms with Crippen LogP contribution in [-0.4, -0.2) is 16.9 Å². The molecule has 56 valence electrons. The van der Waals surface area contributed by atoms with Crippen LogP contribution in [0.4, 0.5) is 0 Å². The van der Waals surface area contributed by atoms with Gasteiger partial charge in [0, 0.05) is 5.97 Å². The van der Waals surface area contributed by atoms with Crippen LogP contribution in [0, 0.1) is 0 Å². The summed E-state index contributed by atoms with van der Waals surface area (Å²) in [6, 6.07) is 0. The molecule has 0 rings (SSSR count). The SMILES string of the molecule is CC(=O)[O-].O.[NH4+].[NH4+].[OH-]. The zero-order valence-electron chi connectivity index (χ0n) is 5.26. The van der Waals surface area contributed by atoms with Crippen molar-refractivity contribution in [3.8, 4) is 0 Å². The van der Waals surface area contributed by atoms with E-state index in [1.165, 1.54) is 0 Å². The van der Waals surface area contributed by atoms with E-state index >= 15 is 0 Å². The van der Waals surface area contributed by atoms with Crippen molar-refractivity contribution in [2.24, 2.45) is 0 Å². The maximum absolute atomic E-state index is 8.89. The van der Waals surface area contributed by atoms with Crippen molar-refractivity contribution < 1.29 is 20.9 Å². The highest BCUT2D eigenvalue weighted by Gasteiger charge is 1.46. The molecule has 0 amide bonds. The Hall–Kier alpha value is -0.690. The summed E-state index contributed by atoms with van der Waals surface area (Å²) in [5.41, 5.74) is 0. The Bertz CT molecular complexity index is 35.0. The largest absolute Gasteiger partial charge is 0.870 e. The number of rotatable bonds is 0. The van der Waals surface area contributed by atoms with Crippen LogP contribution in [-0.2, 0) is 4.79 Å². The van der Waals surface area contributed by atoms with E-state index in [1.807, 2.05) is 0 Å². The minimum absolute atomic E-state index is 0. The fourth-order valence-electron chi connectivity index (χ4n) is 0. The molecule has 0 aromatic carbocycles. The highest BCUT2D eigenvalue weighted by Crippen LogP contribution is 1.31. The van der Waals surface area contributed by atoms with Crippen LogP contribution in [0.5, 0.6) is 0 Å². The van der Waals surface area contributed by atoms with Crippen LogP contribution in [0.25, 0.3) is 0 Å². The quantitative estimate of drug-likeness (QED) is 0.406. The first-order chi connectivity index (χ1) is 1.73. The molecule has 0 radical (unpaired) electrons. The lowest BCUT2D eigenvalue weighted by Gasteiger charge is -1.77. The van der Waals surface area contributed by atoms with E-state index in [0.29, 0.717) is 0 Å². The Labute approximate surface area is 47.3 Å². The molecule has 0 aromatic rings. The van der Waals surface area contributed by atoms with Crippen molar-refractivity contribution in [2.75, 3.05) is 0 Å². The lowest BCUT2D eigenvalue weighted by Crippen LogP contribution is -2.16. The normalized spacial score (nSPS) is 3.12. The number of carboxylic acids is 1. The van der Waals surface area contributed by atoms with Crippen LogP contribution >= 0.6 is 0 Å². The third kappa shape index (κ3) is 207. The molecular formula is C2H14N2O4. The van der Waals surface area contributed by atoms with E-state index in [1.54, 1.807) is 0 Å². The molecule has 0 saturated heterocycles. The third-order valence-corrected chi connectivity index (χ3v) is 0. The second-order valence-electron chi connectivity index (χ2n) is 0.492. The summed E-state index contributed by atoms with van der Waals surface area (Å²) in [6.07, 6.45) is 0. The number of hydrogen-bond acceptors (Lipinski definition) is 3. The summed E-state index contributed by atoms with van der Waals surface area (Å²) >= 11 is 0. The van der Waals surface area contributed by atoms with Gasteiger partial charge in [-0.3, -0.25) is 0 Å². The van der Waals surface area contributed by atoms with Crippen LogP contribution in [0.2, 0.25) is 0 Å². The first-order valence-corrected chi connectivity index (χ1v) is 0.908. The summed E-state index contributed by atoms with van der Waals surface area (Å²) in [7, 11) is 0. The highest BCUT2D eigenvalue weighted by molar-refractivity contribution is 5.60. The van der Waals surface area contributed by atoms with E-state index in [0.717, 1.165) is 6.92 Å². The van der Waals surface area contributed by atoms with Crippen molar-refractivity contribution in [3.63, 3.8) is 0 Å². The van der Waals surface area contributed by atoms with Gasteiger partial charge in [0.1, 0.15) is 0 Å². The van der Waals surface area contributed by atoms with Crippen molar-refractivity contribution >= 4 is 5.97 Å². The van der Waals surface area contributed by atoms with E-state index in [2.05, 4.69) is 0 Å². The predicted octanol–water partition coefficient (Wildman–Crippen LogP) is -1.49. The molecule has 0 aliphatic carbocycles. The van der Waals surface area contributed by atoms with E-state index in [9.17, 15) is 0 Å². The molecule has 0 heterocycles. The summed E-state index contributed by atoms with van der Waals surface area (Å²) in [5, 5.41) is 8.89. The predicted molar refractivity (Wildman–Crippen MR) is 28.2 cm³/mol. The van der Waals surface area contributed by atoms with Crippen molar-refractivity contribution in [1.29, 1.82) is 0 Å². The van der Waals surface area contributed by atoms with Gasteiger partial charge in [-0.25, -0.2) is 0 Å². The minimum atomic E-state index is -1.08. The number of carbonyl (C=O) groups is 1. The molecule has 0 spiro atoms. The molecular weight excluding hydrogens is 116 g/mol. The van der Waals surface area contributed by atoms with Gasteiger partial charge in [-0.15, -0.1) is 0 Å². The van der Waals surface area contributed by atoms with Crippen LogP contribution in [0.15, 0.2) is 0 Å². The van der Waals surface area contributed by atoms with Crippen molar-refractivity contribution in [2.45, 2.75) is 6.92 Å². The molecule has 0 aromatic heterocycles. The van der Waals surface area contributed by atoms with Crippen molar-refractivity contribution in [1.82, 2.24) is 12.3 Å². The maximum Gasteiger partial charge on any atom is 0.0383 e. The summed E-state index contributed by atoms with van der Waals surface area (Å²) < 4.78 is 0. The van der Waals surface area contributed by atoms with Gasteiger partial charge in [0.05, 0.1) is 0 Å². The zero-order chi connectivity index (χ0) is 3.58. The lowest BCUT2D eigenvalue weighted by atomic mass is 10.9. The van der Waals surface area contributed by atoms with Gasteiger partial charge in [-0.05, 0) is 6.92 Å². The molecule has 11 N–H and O–H groups in total. The topological polar surface area (TPSA) is 175 Å². The fourth-order valence-corrected chi connectivity index (χ4v) is 0. The Morgan fingerprint density at radius 2 is 1.38 bits per heavy atom. The van der Waals surface area contributed by atoms with Gasteiger partial charge in [0.25, 0.3) is 0 Å². The Kier molecular flexibility index (Phi) is 227. The molecule has 0 aliphatic rings. The van der Waals surface area contributed by atoms with Crippen LogP contribution < -0.4 is 17.4 Å².